The van der Waals surface area contributed by atoms with Crippen LogP contribution in [0, 0.1) is 6.92 Å². The molecule has 0 amide bonds. The Morgan fingerprint density at radius 2 is 2.50 bits per heavy atom. The number of carbonyl (C=O) groups is 1. The van der Waals surface area contributed by atoms with Gasteiger partial charge in [0.15, 0.2) is 0 Å². The van der Waals surface area contributed by atoms with Crippen LogP contribution in [-0.4, -0.2) is 10.3 Å². The number of hydrogen-bond acceptors (Lipinski definition) is 4. The van der Waals surface area contributed by atoms with Crippen molar-refractivity contribution >= 4 is 17.5 Å². The highest BCUT2D eigenvalue weighted by Gasteiger charge is 2.03. The maximum Gasteiger partial charge on any atom is 0.309 e. The largest absolute Gasteiger partial charge is 0.406 e. The van der Waals surface area contributed by atoms with Gasteiger partial charge in [0.2, 0.25) is 5.88 Å². The zero-order valence-electron chi connectivity index (χ0n) is 5.75. The number of nitrogens with zero attached hydrogens (tertiary/aromatic N) is 1. The molecule has 0 saturated carbocycles. The normalized spacial score (nSPS) is 9.40. The lowest BCUT2D eigenvalue weighted by Gasteiger charge is -1.94. The number of aryl methyl sites for hydroxylation is 1. The second kappa shape index (κ2) is 2.79. The molecular weight excluding hydrogens is 150 g/mol. The van der Waals surface area contributed by atoms with Crippen molar-refractivity contribution in [3.8, 4) is 5.88 Å². The van der Waals surface area contributed by atoms with Gasteiger partial charge in [-0.25, -0.2) is 0 Å². The highest BCUT2D eigenvalue weighted by molar-refractivity contribution is 7.03. The second-order valence-electron chi connectivity index (χ2n) is 1.90. The summed E-state index contributed by atoms with van der Waals surface area (Å²) in [5.41, 5.74) is 0.903. The first kappa shape index (κ1) is 7.21. The van der Waals surface area contributed by atoms with E-state index < -0.39 is 0 Å². The summed E-state index contributed by atoms with van der Waals surface area (Å²) in [6.07, 6.45) is 0. The molecule has 0 unspecified atom stereocenters. The van der Waals surface area contributed by atoms with Gasteiger partial charge in [-0.1, -0.05) is 0 Å². The number of aromatic nitrogens is 1. The topological polar surface area (TPSA) is 39.2 Å². The van der Waals surface area contributed by atoms with Crippen molar-refractivity contribution in [2.75, 3.05) is 0 Å². The third-order valence-electron chi connectivity index (χ3n) is 0.943. The van der Waals surface area contributed by atoms with E-state index in [1.807, 2.05) is 12.3 Å². The number of esters is 1. The van der Waals surface area contributed by atoms with Gasteiger partial charge in [-0.15, -0.1) is 0 Å². The van der Waals surface area contributed by atoms with Crippen LogP contribution in [-0.2, 0) is 4.79 Å². The van der Waals surface area contributed by atoms with Crippen molar-refractivity contribution in [3.05, 3.63) is 10.9 Å². The molecule has 3 nitrogen and oxygen atoms in total. The minimum atomic E-state index is -0.325. The summed E-state index contributed by atoms with van der Waals surface area (Å²) in [5.74, 6) is 0.103. The predicted molar refractivity (Wildman–Crippen MR) is 38.2 cm³/mol. The molecule has 0 radical (unpaired) electrons. The number of ether oxygens (including phenoxy) is 1. The Balaban J connectivity index is 2.74. The monoisotopic (exact) mass is 157 g/mol. The van der Waals surface area contributed by atoms with Crippen LogP contribution in [0.15, 0.2) is 5.38 Å². The Morgan fingerprint density at radius 3 is 2.90 bits per heavy atom. The Bertz CT molecular complexity index is 244. The zero-order valence-corrected chi connectivity index (χ0v) is 6.57. The predicted octanol–water partition coefficient (Wildman–Crippen LogP) is 1.38. The number of rotatable bonds is 1. The van der Waals surface area contributed by atoms with Gasteiger partial charge in [-0.3, -0.25) is 4.79 Å². The van der Waals surface area contributed by atoms with Crippen molar-refractivity contribution in [1.82, 2.24) is 4.37 Å². The van der Waals surface area contributed by atoms with Gasteiger partial charge in [0.05, 0.1) is 0 Å². The Kier molecular flexibility index (Phi) is 2.01. The lowest BCUT2D eigenvalue weighted by molar-refractivity contribution is -0.132. The minimum Gasteiger partial charge on any atom is -0.406 e. The van der Waals surface area contributed by atoms with Crippen molar-refractivity contribution < 1.29 is 9.53 Å². The maximum atomic E-state index is 10.4. The molecule has 10 heavy (non-hydrogen) atoms. The molecule has 1 aromatic rings. The van der Waals surface area contributed by atoms with Gasteiger partial charge in [-0.05, 0) is 18.5 Å². The van der Waals surface area contributed by atoms with Crippen LogP contribution in [0.4, 0.5) is 0 Å². The molecule has 0 fully saturated rings. The molecular formula is C6H7NO2S. The molecule has 1 heterocycles. The smallest absolute Gasteiger partial charge is 0.309 e. The fourth-order valence-electron chi connectivity index (χ4n) is 0.511. The van der Waals surface area contributed by atoms with Crippen LogP contribution in [0.25, 0.3) is 0 Å². The minimum absolute atomic E-state index is 0.325. The molecule has 1 rings (SSSR count). The molecule has 0 bridgehead atoms. The molecule has 0 saturated heterocycles. The summed E-state index contributed by atoms with van der Waals surface area (Å²) >= 11 is 1.28. The maximum absolute atomic E-state index is 10.4. The molecule has 54 valence electrons. The van der Waals surface area contributed by atoms with E-state index in [0.29, 0.717) is 5.88 Å². The molecule has 0 aliphatic carbocycles. The lowest BCUT2D eigenvalue weighted by atomic mass is 10.4. The lowest BCUT2D eigenvalue weighted by Crippen LogP contribution is -2.02. The zero-order chi connectivity index (χ0) is 7.56. The highest BCUT2D eigenvalue weighted by atomic mass is 32.1. The van der Waals surface area contributed by atoms with Gasteiger partial charge < -0.3 is 4.74 Å². The van der Waals surface area contributed by atoms with E-state index in [1.165, 1.54) is 18.5 Å². The van der Waals surface area contributed by atoms with Crippen LogP contribution in [0.5, 0.6) is 5.88 Å². The van der Waals surface area contributed by atoms with Gasteiger partial charge in [0, 0.05) is 17.9 Å². The highest BCUT2D eigenvalue weighted by Crippen LogP contribution is 2.16. The van der Waals surface area contributed by atoms with E-state index in [-0.39, 0.29) is 5.97 Å². The van der Waals surface area contributed by atoms with Crippen LogP contribution in [0.3, 0.4) is 0 Å². The van der Waals surface area contributed by atoms with Crippen molar-refractivity contribution in [1.29, 1.82) is 0 Å². The average molecular weight is 157 g/mol. The quantitative estimate of drug-likeness (QED) is 0.578. The molecule has 4 heteroatoms. The average Bonchev–Trinajstić information content (AvgIpc) is 2.15. The van der Waals surface area contributed by atoms with Crippen LogP contribution in [0.1, 0.15) is 12.5 Å². The van der Waals surface area contributed by atoms with Gasteiger partial charge in [-0.2, -0.15) is 4.37 Å². The fourth-order valence-corrected chi connectivity index (χ4v) is 1.10. The molecule has 0 spiro atoms. The van der Waals surface area contributed by atoms with E-state index in [2.05, 4.69) is 4.37 Å². The van der Waals surface area contributed by atoms with E-state index in [9.17, 15) is 4.79 Å². The van der Waals surface area contributed by atoms with Gasteiger partial charge >= 0.3 is 5.97 Å². The standard InChI is InChI=1S/C6H7NO2S/c1-4-3-10-7-6(4)9-5(2)8/h3H,1-2H3. The SMILES string of the molecule is CC(=O)Oc1nscc1C. The summed E-state index contributed by atoms with van der Waals surface area (Å²) in [6.45, 7) is 3.21. The van der Waals surface area contributed by atoms with Gasteiger partial charge in [0.1, 0.15) is 0 Å². The number of carbonyl (C=O) groups excluding carboxylic acids is 1. The summed E-state index contributed by atoms with van der Waals surface area (Å²) in [4.78, 5) is 10.4. The van der Waals surface area contributed by atoms with Crippen LogP contribution in [0.2, 0.25) is 0 Å². The molecule has 0 N–H and O–H groups in total. The van der Waals surface area contributed by atoms with Crippen molar-refractivity contribution in [2.24, 2.45) is 0 Å². The summed E-state index contributed by atoms with van der Waals surface area (Å²) in [5, 5.41) is 1.83. The Hall–Kier alpha value is -0.900. The Morgan fingerprint density at radius 1 is 1.80 bits per heavy atom. The van der Waals surface area contributed by atoms with Crippen LogP contribution < -0.4 is 4.74 Å². The van der Waals surface area contributed by atoms with Gasteiger partial charge in [0.25, 0.3) is 0 Å². The van der Waals surface area contributed by atoms with Crippen LogP contribution >= 0.6 is 11.5 Å². The first-order valence-corrected chi connectivity index (χ1v) is 3.63. The fraction of sp³-hybridized carbons (Fsp3) is 0.333. The molecule has 0 atom stereocenters. The van der Waals surface area contributed by atoms with Crippen molar-refractivity contribution in [3.63, 3.8) is 0 Å². The summed E-state index contributed by atoms with van der Waals surface area (Å²) in [7, 11) is 0. The summed E-state index contributed by atoms with van der Waals surface area (Å²) < 4.78 is 8.60. The molecule has 0 aliphatic rings. The first-order valence-electron chi connectivity index (χ1n) is 2.79. The first-order chi connectivity index (χ1) is 4.70. The molecule has 1 aromatic heterocycles. The molecule has 0 aliphatic heterocycles. The van der Waals surface area contributed by atoms with E-state index in [1.54, 1.807) is 0 Å². The number of hydrogen-bond donors (Lipinski definition) is 0. The Labute approximate surface area is 62.8 Å². The third-order valence-corrected chi connectivity index (χ3v) is 1.67. The summed E-state index contributed by atoms with van der Waals surface area (Å²) in [6, 6.07) is 0. The van der Waals surface area contributed by atoms with E-state index >= 15 is 0 Å². The third kappa shape index (κ3) is 1.54. The van der Waals surface area contributed by atoms with E-state index in [4.69, 9.17) is 4.74 Å². The van der Waals surface area contributed by atoms with Crippen molar-refractivity contribution in [2.45, 2.75) is 13.8 Å². The molecule has 0 aromatic carbocycles. The second-order valence-corrected chi connectivity index (χ2v) is 2.53. The van der Waals surface area contributed by atoms with E-state index in [0.717, 1.165) is 5.56 Å².